The molecule has 1 rings (SSSR count). The number of nitrogens with zero attached hydrogens (tertiary/aromatic N) is 3. The Morgan fingerprint density at radius 2 is 2.00 bits per heavy atom. The van der Waals surface area contributed by atoms with E-state index < -0.39 is 0 Å². The van der Waals surface area contributed by atoms with Gasteiger partial charge in [0.2, 0.25) is 5.95 Å². The van der Waals surface area contributed by atoms with Crippen molar-refractivity contribution in [1.82, 2.24) is 9.55 Å². The lowest BCUT2D eigenvalue weighted by atomic mass is 10.5. The van der Waals surface area contributed by atoms with E-state index in [1.54, 1.807) is 0 Å². The van der Waals surface area contributed by atoms with E-state index in [4.69, 9.17) is 0 Å². The number of hydrogen-bond donors (Lipinski definition) is 0. The summed E-state index contributed by atoms with van der Waals surface area (Å²) in [6.07, 6.45) is 2.05. The Labute approximate surface area is 74.0 Å². The normalized spacial score (nSPS) is 10.3. The zero-order valence-electron chi connectivity index (χ0n) is 8.33. The van der Waals surface area contributed by atoms with Gasteiger partial charge in [-0.25, -0.2) is 4.98 Å². The van der Waals surface area contributed by atoms with Crippen molar-refractivity contribution in [2.75, 3.05) is 18.0 Å². The highest BCUT2D eigenvalue weighted by molar-refractivity contribution is 5.32. The van der Waals surface area contributed by atoms with Crippen LogP contribution in [0.1, 0.15) is 19.5 Å². The number of aryl methyl sites for hydroxylation is 2. The standard InChI is InChI=1S/C9H17N3/c1-5-12(6-2)9-10-8(3)7-11(9)4/h7H,5-6H2,1-4H3. The van der Waals surface area contributed by atoms with Gasteiger partial charge in [0.1, 0.15) is 0 Å². The lowest BCUT2D eigenvalue weighted by Gasteiger charge is -2.19. The van der Waals surface area contributed by atoms with Crippen molar-refractivity contribution in [2.24, 2.45) is 7.05 Å². The number of anilines is 1. The quantitative estimate of drug-likeness (QED) is 0.681. The Morgan fingerprint density at radius 3 is 2.33 bits per heavy atom. The number of aromatic nitrogens is 2. The summed E-state index contributed by atoms with van der Waals surface area (Å²) in [5.41, 5.74) is 1.08. The topological polar surface area (TPSA) is 21.1 Å². The first kappa shape index (κ1) is 9.10. The fraction of sp³-hybridized carbons (Fsp3) is 0.667. The SMILES string of the molecule is CCN(CC)c1nc(C)cn1C. The van der Waals surface area contributed by atoms with Gasteiger partial charge < -0.3 is 9.47 Å². The Morgan fingerprint density at radius 1 is 1.42 bits per heavy atom. The molecule has 68 valence electrons. The molecule has 0 bridgehead atoms. The molecule has 1 heterocycles. The fourth-order valence-corrected chi connectivity index (χ4v) is 1.40. The molecule has 0 saturated heterocycles. The van der Waals surface area contributed by atoms with E-state index in [0.717, 1.165) is 24.7 Å². The van der Waals surface area contributed by atoms with E-state index in [1.165, 1.54) is 0 Å². The van der Waals surface area contributed by atoms with E-state index >= 15 is 0 Å². The van der Waals surface area contributed by atoms with Crippen LogP contribution in [0.2, 0.25) is 0 Å². The van der Waals surface area contributed by atoms with Crippen LogP contribution in [0.4, 0.5) is 5.95 Å². The van der Waals surface area contributed by atoms with E-state index in [9.17, 15) is 0 Å². The second kappa shape index (κ2) is 3.61. The smallest absolute Gasteiger partial charge is 0.205 e. The first-order valence-electron chi connectivity index (χ1n) is 4.44. The number of rotatable bonds is 3. The Hall–Kier alpha value is -0.990. The van der Waals surface area contributed by atoms with Gasteiger partial charge in [-0.1, -0.05) is 0 Å². The molecule has 0 amide bonds. The molecule has 0 aliphatic carbocycles. The summed E-state index contributed by atoms with van der Waals surface area (Å²) >= 11 is 0. The van der Waals surface area contributed by atoms with Gasteiger partial charge in [-0.3, -0.25) is 0 Å². The van der Waals surface area contributed by atoms with Crippen LogP contribution in [0.3, 0.4) is 0 Å². The highest BCUT2D eigenvalue weighted by Crippen LogP contribution is 2.11. The van der Waals surface area contributed by atoms with Crippen LogP contribution in [0, 0.1) is 6.92 Å². The van der Waals surface area contributed by atoms with Gasteiger partial charge in [0, 0.05) is 26.3 Å². The highest BCUT2D eigenvalue weighted by Gasteiger charge is 2.07. The van der Waals surface area contributed by atoms with Crippen molar-refractivity contribution < 1.29 is 0 Å². The summed E-state index contributed by atoms with van der Waals surface area (Å²) in [5, 5.41) is 0. The van der Waals surface area contributed by atoms with Crippen LogP contribution in [0.5, 0.6) is 0 Å². The molecule has 3 heteroatoms. The lowest BCUT2D eigenvalue weighted by molar-refractivity contribution is 0.776. The molecule has 1 aromatic heterocycles. The first-order chi connectivity index (χ1) is 5.69. The molecule has 0 N–H and O–H groups in total. The van der Waals surface area contributed by atoms with Gasteiger partial charge in [0.05, 0.1) is 5.69 Å². The largest absolute Gasteiger partial charge is 0.343 e. The molecule has 0 fully saturated rings. The van der Waals surface area contributed by atoms with Crippen LogP contribution in [0.15, 0.2) is 6.20 Å². The second-order valence-electron chi connectivity index (χ2n) is 2.97. The van der Waals surface area contributed by atoms with Gasteiger partial charge in [-0.05, 0) is 20.8 Å². The van der Waals surface area contributed by atoms with Crippen molar-refractivity contribution in [1.29, 1.82) is 0 Å². The molecule has 0 saturated carbocycles. The van der Waals surface area contributed by atoms with Gasteiger partial charge in [-0.15, -0.1) is 0 Å². The lowest BCUT2D eigenvalue weighted by Crippen LogP contribution is -2.24. The molecular weight excluding hydrogens is 150 g/mol. The molecule has 3 nitrogen and oxygen atoms in total. The average Bonchev–Trinajstić information content (AvgIpc) is 2.34. The van der Waals surface area contributed by atoms with Gasteiger partial charge in [0.15, 0.2) is 0 Å². The molecule has 1 aromatic rings. The van der Waals surface area contributed by atoms with Gasteiger partial charge in [-0.2, -0.15) is 0 Å². The van der Waals surface area contributed by atoms with Crippen molar-refractivity contribution >= 4 is 5.95 Å². The van der Waals surface area contributed by atoms with Crippen molar-refractivity contribution in [3.8, 4) is 0 Å². The minimum atomic E-state index is 1.01. The minimum absolute atomic E-state index is 1.01. The van der Waals surface area contributed by atoms with Crippen LogP contribution in [-0.4, -0.2) is 22.6 Å². The zero-order chi connectivity index (χ0) is 9.14. The Kier molecular flexibility index (Phi) is 2.74. The highest BCUT2D eigenvalue weighted by atomic mass is 15.3. The number of hydrogen-bond acceptors (Lipinski definition) is 2. The first-order valence-corrected chi connectivity index (χ1v) is 4.44. The fourth-order valence-electron chi connectivity index (χ4n) is 1.40. The predicted octanol–water partition coefficient (Wildman–Crippen LogP) is 1.57. The number of imidazole rings is 1. The maximum absolute atomic E-state index is 4.44. The molecule has 0 aliphatic rings. The zero-order valence-corrected chi connectivity index (χ0v) is 8.33. The summed E-state index contributed by atoms with van der Waals surface area (Å²) in [4.78, 5) is 6.68. The maximum atomic E-state index is 4.44. The average molecular weight is 167 g/mol. The van der Waals surface area contributed by atoms with E-state index in [-0.39, 0.29) is 0 Å². The summed E-state index contributed by atoms with van der Waals surface area (Å²) in [5.74, 6) is 1.07. The van der Waals surface area contributed by atoms with Gasteiger partial charge >= 0.3 is 0 Å². The van der Waals surface area contributed by atoms with E-state index in [0.29, 0.717) is 0 Å². The van der Waals surface area contributed by atoms with E-state index in [1.807, 2.05) is 20.2 Å². The molecular formula is C9H17N3. The van der Waals surface area contributed by atoms with Crippen LogP contribution >= 0.6 is 0 Å². The van der Waals surface area contributed by atoms with Crippen LogP contribution in [-0.2, 0) is 7.05 Å². The minimum Gasteiger partial charge on any atom is -0.343 e. The van der Waals surface area contributed by atoms with Crippen LogP contribution < -0.4 is 4.90 Å². The molecule has 0 aromatic carbocycles. The Balaban J connectivity index is 2.91. The molecule has 0 unspecified atom stereocenters. The van der Waals surface area contributed by atoms with E-state index in [2.05, 4.69) is 28.3 Å². The van der Waals surface area contributed by atoms with Crippen molar-refractivity contribution in [2.45, 2.75) is 20.8 Å². The summed E-state index contributed by atoms with van der Waals surface area (Å²) < 4.78 is 2.07. The van der Waals surface area contributed by atoms with Crippen molar-refractivity contribution in [3.63, 3.8) is 0 Å². The third-order valence-corrected chi connectivity index (χ3v) is 2.02. The van der Waals surface area contributed by atoms with Gasteiger partial charge in [0.25, 0.3) is 0 Å². The molecule has 0 aliphatic heterocycles. The monoisotopic (exact) mass is 167 g/mol. The van der Waals surface area contributed by atoms with Crippen molar-refractivity contribution in [3.05, 3.63) is 11.9 Å². The predicted molar refractivity (Wildman–Crippen MR) is 51.5 cm³/mol. The molecule has 12 heavy (non-hydrogen) atoms. The third-order valence-electron chi connectivity index (χ3n) is 2.02. The molecule has 0 atom stereocenters. The summed E-state index contributed by atoms with van der Waals surface area (Å²) in [7, 11) is 2.04. The molecule has 0 spiro atoms. The molecule has 0 radical (unpaired) electrons. The third kappa shape index (κ3) is 1.60. The second-order valence-corrected chi connectivity index (χ2v) is 2.97. The maximum Gasteiger partial charge on any atom is 0.205 e. The Bertz CT molecular complexity index is 248. The summed E-state index contributed by atoms with van der Waals surface area (Å²) in [6, 6.07) is 0. The summed E-state index contributed by atoms with van der Waals surface area (Å²) in [6.45, 7) is 8.34. The van der Waals surface area contributed by atoms with Crippen LogP contribution in [0.25, 0.3) is 0 Å².